The zero-order valence-electron chi connectivity index (χ0n) is 16.3. The lowest BCUT2D eigenvalue weighted by molar-refractivity contribution is 0.102. The number of methoxy groups -OCH3 is 1. The molecule has 1 aliphatic heterocycles. The molecule has 1 aliphatic rings. The summed E-state index contributed by atoms with van der Waals surface area (Å²) in [4.78, 5) is 16.9. The van der Waals surface area contributed by atoms with Crippen molar-refractivity contribution in [1.82, 2.24) is 10.2 Å². The predicted molar refractivity (Wildman–Crippen MR) is 114 cm³/mol. The van der Waals surface area contributed by atoms with Crippen molar-refractivity contribution in [1.29, 1.82) is 0 Å². The van der Waals surface area contributed by atoms with Crippen molar-refractivity contribution in [2.45, 2.75) is 0 Å². The SMILES string of the molecule is COc1ccc(C(=O)Nc2ccc(N3CCN(c4ccccc4)CC3)nn2)cc1. The highest BCUT2D eigenvalue weighted by Crippen LogP contribution is 2.19. The normalized spacial score (nSPS) is 13.8. The number of anilines is 3. The van der Waals surface area contributed by atoms with E-state index in [-0.39, 0.29) is 5.91 Å². The van der Waals surface area contributed by atoms with Gasteiger partial charge in [-0.3, -0.25) is 4.79 Å². The molecule has 1 fully saturated rings. The number of nitrogens with zero attached hydrogens (tertiary/aromatic N) is 4. The van der Waals surface area contributed by atoms with Crippen LogP contribution in [0.15, 0.2) is 66.7 Å². The van der Waals surface area contributed by atoms with Crippen LogP contribution in [-0.4, -0.2) is 49.4 Å². The molecule has 1 N–H and O–H groups in total. The zero-order valence-corrected chi connectivity index (χ0v) is 16.3. The van der Waals surface area contributed by atoms with Gasteiger partial charge in [0.15, 0.2) is 11.6 Å². The van der Waals surface area contributed by atoms with Crippen LogP contribution < -0.4 is 19.9 Å². The second-order valence-electron chi connectivity index (χ2n) is 6.77. The average molecular weight is 389 g/mol. The van der Waals surface area contributed by atoms with E-state index >= 15 is 0 Å². The molecule has 0 unspecified atom stereocenters. The molecule has 3 aromatic rings. The molecular weight excluding hydrogens is 366 g/mol. The molecular formula is C22H23N5O2. The highest BCUT2D eigenvalue weighted by atomic mass is 16.5. The van der Waals surface area contributed by atoms with Gasteiger partial charge in [0.05, 0.1) is 7.11 Å². The first-order chi connectivity index (χ1) is 14.2. The number of amides is 1. The van der Waals surface area contributed by atoms with Crippen LogP contribution in [0, 0.1) is 0 Å². The smallest absolute Gasteiger partial charge is 0.256 e. The Bertz CT molecular complexity index is 937. The number of nitrogens with one attached hydrogen (secondary N) is 1. The van der Waals surface area contributed by atoms with E-state index in [1.54, 1.807) is 37.4 Å². The van der Waals surface area contributed by atoms with Gasteiger partial charge in [0.25, 0.3) is 5.91 Å². The van der Waals surface area contributed by atoms with Gasteiger partial charge in [-0.05, 0) is 48.5 Å². The molecule has 0 atom stereocenters. The van der Waals surface area contributed by atoms with Crippen LogP contribution in [-0.2, 0) is 0 Å². The van der Waals surface area contributed by atoms with Gasteiger partial charge in [-0.25, -0.2) is 0 Å². The quantitative estimate of drug-likeness (QED) is 0.723. The van der Waals surface area contributed by atoms with Gasteiger partial charge in [0.1, 0.15) is 5.75 Å². The van der Waals surface area contributed by atoms with E-state index in [1.807, 2.05) is 12.1 Å². The number of rotatable bonds is 5. The molecule has 0 saturated carbocycles. The predicted octanol–water partition coefficient (Wildman–Crippen LogP) is 3.06. The van der Waals surface area contributed by atoms with Crippen LogP contribution in [0.4, 0.5) is 17.3 Å². The molecule has 1 aromatic heterocycles. The van der Waals surface area contributed by atoms with Crippen molar-refractivity contribution in [3.05, 3.63) is 72.3 Å². The highest BCUT2D eigenvalue weighted by molar-refractivity contribution is 6.03. The Morgan fingerprint density at radius 2 is 1.55 bits per heavy atom. The molecule has 0 bridgehead atoms. The lowest BCUT2D eigenvalue weighted by atomic mass is 10.2. The summed E-state index contributed by atoms with van der Waals surface area (Å²) in [6.45, 7) is 3.62. The standard InChI is InChI=1S/C22H23N5O2/c1-29-19-9-7-17(8-10-19)22(28)23-20-11-12-21(25-24-20)27-15-13-26(14-16-27)18-5-3-2-4-6-18/h2-12H,13-16H2,1H3,(H,23,24,28). The van der Waals surface area contributed by atoms with Gasteiger partial charge in [-0.1, -0.05) is 18.2 Å². The Kier molecular flexibility index (Phi) is 5.56. The molecule has 29 heavy (non-hydrogen) atoms. The average Bonchev–Trinajstić information content (AvgIpc) is 2.80. The first kappa shape index (κ1) is 18.7. The van der Waals surface area contributed by atoms with Crippen LogP contribution >= 0.6 is 0 Å². The molecule has 0 radical (unpaired) electrons. The molecule has 1 saturated heterocycles. The molecule has 7 heteroatoms. The van der Waals surface area contributed by atoms with Gasteiger partial charge in [0.2, 0.25) is 0 Å². The fourth-order valence-electron chi connectivity index (χ4n) is 3.32. The molecule has 148 valence electrons. The van der Waals surface area contributed by atoms with E-state index in [2.05, 4.69) is 49.6 Å². The fraction of sp³-hybridized carbons (Fsp3) is 0.227. The number of carbonyl (C=O) groups is 1. The van der Waals surface area contributed by atoms with Gasteiger partial charge in [-0.15, -0.1) is 10.2 Å². The van der Waals surface area contributed by atoms with E-state index in [9.17, 15) is 4.79 Å². The van der Waals surface area contributed by atoms with E-state index in [1.165, 1.54) is 5.69 Å². The third kappa shape index (κ3) is 4.45. The number of hydrogen-bond donors (Lipinski definition) is 1. The summed E-state index contributed by atoms with van der Waals surface area (Å²) in [6, 6.07) is 21.0. The summed E-state index contributed by atoms with van der Waals surface area (Å²) < 4.78 is 5.11. The van der Waals surface area contributed by atoms with Gasteiger partial charge >= 0.3 is 0 Å². The number of piperazine rings is 1. The van der Waals surface area contributed by atoms with Gasteiger partial charge in [0, 0.05) is 37.4 Å². The third-order valence-electron chi connectivity index (χ3n) is 4.97. The van der Waals surface area contributed by atoms with Crippen molar-refractivity contribution in [3.8, 4) is 5.75 Å². The van der Waals surface area contributed by atoms with Gasteiger partial charge < -0.3 is 19.9 Å². The Morgan fingerprint density at radius 3 is 2.17 bits per heavy atom. The van der Waals surface area contributed by atoms with E-state index in [0.717, 1.165) is 32.0 Å². The second-order valence-corrected chi connectivity index (χ2v) is 6.77. The van der Waals surface area contributed by atoms with Crippen molar-refractivity contribution in [2.75, 3.05) is 48.4 Å². The molecule has 2 aromatic carbocycles. The number of benzene rings is 2. The summed E-state index contributed by atoms with van der Waals surface area (Å²) >= 11 is 0. The second kappa shape index (κ2) is 8.60. The zero-order chi connectivity index (χ0) is 20.1. The Hall–Kier alpha value is -3.61. The van der Waals surface area contributed by atoms with Crippen LogP contribution in [0.25, 0.3) is 0 Å². The van der Waals surface area contributed by atoms with Crippen molar-refractivity contribution in [2.24, 2.45) is 0 Å². The van der Waals surface area contributed by atoms with Crippen LogP contribution in [0.3, 0.4) is 0 Å². The summed E-state index contributed by atoms with van der Waals surface area (Å²) in [6.07, 6.45) is 0. The lowest BCUT2D eigenvalue weighted by Gasteiger charge is -2.36. The van der Waals surface area contributed by atoms with Crippen LogP contribution in [0.1, 0.15) is 10.4 Å². The van der Waals surface area contributed by atoms with Crippen molar-refractivity contribution < 1.29 is 9.53 Å². The summed E-state index contributed by atoms with van der Waals surface area (Å²) in [7, 11) is 1.59. The maximum Gasteiger partial charge on any atom is 0.256 e. The number of para-hydroxylation sites is 1. The first-order valence-corrected chi connectivity index (χ1v) is 9.57. The number of hydrogen-bond acceptors (Lipinski definition) is 6. The lowest BCUT2D eigenvalue weighted by Crippen LogP contribution is -2.46. The summed E-state index contributed by atoms with van der Waals surface area (Å²) in [5, 5.41) is 11.2. The number of aromatic nitrogens is 2. The minimum Gasteiger partial charge on any atom is -0.497 e. The van der Waals surface area contributed by atoms with Gasteiger partial charge in [-0.2, -0.15) is 0 Å². The fourth-order valence-corrected chi connectivity index (χ4v) is 3.32. The minimum atomic E-state index is -0.230. The minimum absolute atomic E-state index is 0.230. The molecule has 7 nitrogen and oxygen atoms in total. The maximum absolute atomic E-state index is 12.3. The first-order valence-electron chi connectivity index (χ1n) is 9.57. The van der Waals surface area contributed by atoms with Crippen molar-refractivity contribution >= 4 is 23.2 Å². The largest absolute Gasteiger partial charge is 0.497 e. The molecule has 1 amide bonds. The molecule has 0 spiro atoms. The van der Waals surface area contributed by atoms with E-state index in [0.29, 0.717) is 17.1 Å². The number of carbonyl (C=O) groups excluding carboxylic acids is 1. The monoisotopic (exact) mass is 389 g/mol. The molecule has 4 rings (SSSR count). The number of ether oxygens (including phenoxy) is 1. The van der Waals surface area contributed by atoms with E-state index in [4.69, 9.17) is 4.74 Å². The van der Waals surface area contributed by atoms with E-state index < -0.39 is 0 Å². The summed E-state index contributed by atoms with van der Waals surface area (Å²) in [5.74, 6) is 1.72. The van der Waals surface area contributed by atoms with Crippen LogP contribution in [0.2, 0.25) is 0 Å². The van der Waals surface area contributed by atoms with Crippen LogP contribution in [0.5, 0.6) is 5.75 Å². The Balaban J connectivity index is 1.34. The molecule has 2 heterocycles. The summed E-state index contributed by atoms with van der Waals surface area (Å²) in [5.41, 5.74) is 1.78. The highest BCUT2D eigenvalue weighted by Gasteiger charge is 2.18. The van der Waals surface area contributed by atoms with Crippen molar-refractivity contribution in [3.63, 3.8) is 0 Å². The Morgan fingerprint density at radius 1 is 0.862 bits per heavy atom. The maximum atomic E-state index is 12.3. The topological polar surface area (TPSA) is 70.6 Å². The third-order valence-corrected chi connectivity index (χ3v) is 4.97. The Labute approximate surface area is 169 Å². The molecule has 0 aliphatic carbocycles.